The summed E-state index contributed by atoms with van der Waals surface area (Å²) < 4.78 is 26.5. The predicted molar refractivity (Wildman–Crippen MR) is 108 cm³/mol. The average molecular weight is 401 g/mol. The molecule has 0 bridgehead atoms. The van der Waals surface area contributed by atoms with Crippen LogP contribution in [-0.2, 0) is 0 Å². The number of hydrogen-bond acceptors (Lipinski definition) is 1. The summed E-state index contributed by atoms with van der Waals surface area (Å²) in [6, 6.07) is 21.2. The average Bonchev–Trinajstić information content (AvgIpc) is 2.71. The maximum absolute atomic E-state index is 13.3. The molecule has 0 unspecified atom stereocenters. The van der Waals surface area contributed by atoms with Gasteiger partial charge in [-0.05, 0) is 23.6 Å². The van der Waals surface area contributed by atoms with Crippen molar-refractivity contribution in [3.05, 3.63) is 101 Å². The summed E-state index contributed by atoms with van der Waals surface area (Å²) in [4.78, 5) is 12.1. The summed E-state index contributed by atoms with van der Waals surface area (Å²) in [6.45, 7) is 0.390. The summed E-state index contributed by atoms with van der Waals surface area (Å²) >= 11 is 5.84. The Morgan fingerprint density at radius 2 is 1.43 bits per heavy atom. The number of amides is 2. The fourth-order valence-corrected chi connectivity index (χ4v) is 3.21. The molecule has 0 aliphatic carbocycles. The monoisotopic (exact) mass is 400 g/mol. The molecule has 3 aromatic rings. The van der Waals surface area contributed by atoms with Gasteiger partial charge in [-0.1, -0.05) is 72.3 Å². The molecular weight excluding hydrogens is 382 g/mol. The van der Waals surface area contributed by atoms with Gasteiger partial charge in [0, 0.05) is 18.5 Å². The van der Waals surface area contributed by atoms with Crippen molar-refractivity contribution in [3.8, 4) is 0 Å². The number of hydrogen-bond donors (Lipinski definition) is 2. The third kappa shape index (κ3) is 5.08. The molecule has 6 heteroatoms. The Hall–Kier alpha value is -2.92. The van der Waals surface area contributed by atoms with Gasteiger partial charge in [0.1, 0.15) is 0 Å². The standard InChI is InChI=1S/C22H19ClF2N2O/c23-18-13-19(24)20(25)14-21(18)27-22(28)26-12-11-17(15-7-3-1-4-8-15)16-9-5-2-6-10-16/h1-10,13-14,17H,11-12H2,(H2,26,27,28). The van der Waals surface area contributed by atoms with E-state index in [1.165, 1.54) is 0 Å². The Balaban J connectivity index is 1.63. The van der Waals surface area contributed by atoms with Gasteiger partial charge in [-0.2, -0.15) is 0 Å². The molecular formula is C22H19ClF2N2O. The van der Waals surface area contributed by atoms with Crippen LogP contribution in [0.2, 0.25) is 5.02 Å². The molecule has 144 valence electrons. The Labute approximate surface area is 167 Å². The van der Waals surface area contributed by atoms with E-state index in [1.54, 1.807) is 0 Å². The number of anilines is 1. The second-order valence-corrected chi connectivity index (χ2v) is 6.70. The fraction of sp³-hybridized carbons (Fsp3) is 0.136. The molecule has 2 N–H and O–H groups in total. The maximum atomic E-state index is 13.3. The number of urea groups is 1. The van der Waals surface area contributed by atoms with Crippen molar-refractivity contribution in [1.29, 1.82) is 0 Å². The van der Waals surface area contributed by atoms with Gasteiger partial charge in [0.25, 0.3) is 0 Å². The van der Waals surface area contributed by atoms with Gasteiger partial charge in [0.05, 0.1) is 10.7 Å². The Kier molecular flexibility index (Phi) is 6.61. The van der Waals surface area contributed by atoms with Crippen LogP contribution in [0.15, 0.2) is 72.8 Å². The lowest BCUT2D eigenvalue weighted by Crippen LogP contribution is -2.30. The first-order valence-corrected chi connectivity index (χ1v) is 9.21. The first-order chi connectivity index (χ1) is 13.5. The van der Waals surface area contributed by atoms with E-state index >= 15 is 0 Å². The van der Waals surface area contributed by atoms with E-state index in [9.17, 15) is 13.6 Å². The van der Waals surface area contributed by atoms with Crippen LogP contribution in [0, 0.1) is 11.6 Å². The van der Waals surface area contributed by atoms with E-state index in [4.69, 9.17) is 11.6 Å². The molecule has 0 spiro atoms. The van der Waals surface area contributed by atoms with Crippen LogP contribution in [0.4, 0.5) is 19.3 Å². The highest BCUT2D eigenvalue weighted by Gasteiger charge is 2.15. The number of benzene rings is 3. The number of rotatable bonds is 6. The number of carbonyl (C=O) groups is 1. The lowest BCUT2D eigenvalue weighted by atomic mass is 9.88. The summed E-state index contributed by atoms with van der Waals surface area (Å²) in [5, 5.41) is 5.11. The van der Waals surface area contributed by atoms with Crippen LogP contribution in [0.1, 0.15) is 23.5 Å². The van der Waals surface area contributed by atoms with E-state index < -0.39 is 17.7 Å². The number of carbonyl (C=O) groups excluding carboxylic acids is 1. The van der Waals surface area contributed by atoms with Crippen LogP contribution < -0.4 is 10.6 Å². The Morgan fingerprint density at radius 1 is 0.893 bits per heavy atom. The zero-order valence-electron chi connectivity index (χ0n) is 15.0. The molecule has 3 nitrogen and oxygen atoms in total. The molecule has 0 heterocycles. The number of halogens is 3. The molecule has 28 heavy (non-hydrogen) atoms. The van der Waals surface area contributed by atoms with E-state index in [2.05, 4.69) is 34.9 Å². The van der Waals surface area contributed by atoms with Gasteiger partial charge >= 0.3 is 6.03 Å². The van der Waals surface area contributed by atoms with Gasteiger partial charge in [-0.15, -0.1) is 0 Å². The van der Waals surface area contributed by atoms with Crippen molar-refractivity contribution in [2.45, 2.75) is 12.3 Å². The van der Waals surface area contributed by atoms with Crippen LogP contribution >= 0.6 is 11.6 Å². The van der Waals surface area contributed by atoms with E-state index in [0.717, 1.165) is 23.3 Å². The summed E-state index contributed by atoms with van der Waals surface area (Å²) in [6.07, 6.45) is 0.674. The van der Waals surface area contributed by atoms with Crippen molar-refractivity contribution in [2.75, 3.05) is 11.9 Å². The Bertz CT molecular complexity index is 897. The third-order valence-electron chi connectivity index (χ3n) is 4.38. The molecule has 0 atom stereocenters. The zero-order valence-corrected chi connectivity index (χ0v) is 15.7. The quantitative estimate of drug-likeness (QED) is 0.492. The normalized spacial score (nSPS) is 10.7. The summed E-state index contributed by atoms with van der Waals surface area (Å²) in [7, 11) is 0. The fourth-order valence-electron chi connectivity index (χ4n) is 3.01. The second-order valence-electron chi connectivity index (χ2n) is 6.29. The van der Waals surface area contributed by atoms with Crippen LogP contribution in [0.5, 0.6) is 0 Å². The van der Waals surface area contributed by atoms with Crippen molar-refractivity contribution in [1.82, 2.24) is 5.32 Å². The highest BCUT2D eigenvalue weighted by molar-refractivity contribution is 6.33. The molecule has 2 amide bonds. The minimum Gasteiger partial charge on any atom is -0.338 e. The third-order valence-corrected chi connectivity index (χ3v) is 4.69. The van der Waals surface area contributed by atoms with Gasteiger partial charge in [0.15, 0.2) is 11.6 Å². The molecule has 0 aromatic heterocycles. The molecule has 0 fully saturated rings. The minimum atomic E-state index is -1.08. The first-order valence-electron chi connectivity index (χ1n) is 8.84. The lowest BCUT2D eigenvalue weighted by molar-refractivity contribution is 0.252. The smallest absolute Gasteiger partial charge is 0.319 e. The van der Waals surface area contributed by atoms with Crippen LogP contribution in [-0.4, -0.2) is 12.6 Å². The van der Waals surface area contributed by atoms with Crippen molar-refractivity contribution in [3.63, 3.8) is 0 Å². The highest BCUT2D eigenvalue weighted by atomic mass is 35.5. The molecule has 0 radical (unpaired) electrons. The summed E-state index contributed by atoms with van der Waals surface area (Å²) in [5.74, 6) is -2.02. The lowest BCUT2D eigenvalue weighted by Gasteiger charge is -2.18. The first kappa shape index (κ1) is 19.8. The van der Waals surface area contributed by atoms with E-state index in [1.807, 2.05) is 36.4 Å². The van der Waals surface area contributed by atoms with E-state index in [0.29, 0.717) is 13.0 Å². The zero-order chi connectivity index (χ0) is 19.9. The Morgan fingerprint density at radius 3 is 2.00 bits per heavy atom. The van der Waals surface area contributed by atoms with Crippen molar-refractivity contribution < 1.29 is 13.6 Å². The molecule has 0 saturated carbocycles. The predicted octanol–water partition coefficient (Wildman–Crippen LogP) is 5.96. The molecule has 3 aromatic carbocycles. The minimum absolute atomic E-state index is 0.0146. The van der Waals surface area contributed by atoms with Gasteiger partial charge in [-0.25, -0.2) is 13.6 Å². The van der Waals surface area contributed by atoms with Crippen molar-refractivity contribution >= 4 is 23.3 Å². The van der Waals surface area contributed by atoms with Crippen LogP contribution in [0.25, 0.3) is 0 Å². The summed E-state index contributed by atoms with van der Waals surface area (Å²) in [5.41, 5.74) is 2.32. The molecule has 3 rings (SSSR count). The van der Waals surface area contributed by atoms with Crippen molar-refractivity contribution in [2.24, 2.45) is 0 Å². The molecule has 0 saturated heterocycles. The molecule has 0 aliphatic rings. The van der Waals surface area contributed by atoms with Gasteiger partial charge in [-0.3, -0.25) is 0 Å². The second kappa shape index (κ2) is 9.33. The van der Waals surface area contributed by atoms with Gasteiger partial charge < -0.3 is 10.6 Å². The maximum Gasteiger partial charge on any atom is 0.319 e. The topological polar surface area (TPSA) is 41.1 Å². The molecule has 0 aliphatic heterocycles. The number of nitrogens with one attached hydrogen (secondary N) is 2. The SMILES string of the molecule is O=C(NCCC(c1ccccc1)c1ccccc1)Nc1cc(F)c(F)cc1Cl. The van der Waals surface area contributed by atoms with E-state index in [-0.39, 0.29) is 16.6 Å². The van der Waals surface area contributed by atoms with Gasteiger partial charge in [0.2, 0.25) is 0 Å². The van der Waals surface area contributed by atoms with Crippen LogP contribution in [0.3, 0.4) is 0 Å². The largest absolute Gasteiger partial charge is 0.338 e. The highest BCUT2D eigenvalue weighted by Crippen LogP contribution is 2.27.